The third-order valence-electron chi connectivity index (χ3n) is 6.02. The van der Waals surface area contributed by atoms with Gasteiger partial charge in [-0.15, -0.1) is 11.3 Å². The molecule has 2 aromatic carbocycles. The molecule has 1 aliphatic heterocycles. The van der Waals surface area contributed by atoms with Crippen LogP contribution in [-0.4, -0.2) is 17.5 Å². The van der Waals surface area contributed by atoms with E-state index in [0.717, 1.165) is 24.8 Å². The van der Waals surface area contributed by atoms with Gasteiger partial charge in [-0.05, 0) is 85.2 Å². The molecular weight excluding hydrogens is 419 g/mol. The third-order valence-corrected chi connectivity index (χ3v) is 7.66. The molecule has 0 bridgehead atoms. The number of nitrogens with zero attached hydrogens (tertiary/aromatic N) is 1. The lowest BCUT2D eigenvalue weighted by atomic mass is 9.88. The fourth-order valence-corrected chi connectivity index (χ4v) is 6.28. The van der Waals surface area contributed by atoms with E-state index in [-0.39, 0.29) is 17.9 Å². The Morgan fingerprint density at radius 2 is 1.73 bits per heavy atom. The lowest BCUT2D eigenvalue weighted by molar-refractivity contribution is 0.195. The van der Waals surface area contributed by atoms with Gasteiger partial charge >= 0.3 is 6.03 Å². The number of carbonyl (C=O) groups excluding carboxylic acids is 1. The topological polar surface area (TPSA) is 32.3 Å². The molecule has 1 aliphatic carbocycles. The van der Waals surface area contributed by atoms with Crippen molar-refractivity contribution in [2.75, 3.05) is 11.9 Å². The van der Waals surface area contributed by atoms with E-state index >= 15 is 0 Å². The van der Waals surface area contributed by atoms with E-state index in [1.165, 1.54) is 45.9 Å². The highest BCUT2D eigenvalue weighted by Gasteiger charge is 2.36. The van der Waals surface area contributed by atoms with Gasteiger partial charge in [-0.3, -0.25) is 0 Å². The zero-order valence-corrected chi connectivity index (χ0v) is 18.0. The van der Waals surface area contributed by atoms with Crippen LogP contribution in [0.3, 0.4) is 0 Å². The number of fused-ring (bicyclic) bond motifs is 3. The molecule has 6 heteroatoms. The van der Waals surface area contributed by atoms with Crippen LogP contribution >= 0.6 is 22.9 Å². The molecule has 2 aliphatic rings. The van der Waals surface area contributed by atoms with Crippen molar-refractivity contribution in [3.05, 3.63) is 85.8 Å². The Bertz CT molecular complexity index is 1080. The number of halogens is 2. The van der Waals surface area contributed by atoms with E-state index in [2.05, 4.69) is 5.32 Å². The molecule has 0 spiro atoms. The summed E-state index contributed by atoms with van der Waals surface area (Å²) in [6, 6.07) is 13.3. The maximum absolute atomic E-state index is 13.6. The predicted octanol–water partition coefficient (Wildman–Crippen LogP) is 6.60. The van der Waals surface area contributed by atoms with Crippen molar-refractivity contribution in [1.29, 1.82) is 0 Å². The van der Waals surface area contributed by atoms with Crippen LogP contribution < -0.4 is 5.32 Å². The summed E-state index contributed by atoms with van der Waals surface area (Å²) in [5, 5.41) is 3.63. The van der Waals surface area contributed by atoms with Crippen LogP contribution in [0.4, 0.5) is 14.9 Å². The van der Waals surface area contributed by atoms with Gasteiger partial charge in [0.15, 0.2) is 0 Å². The number of hydrogen-bond donors (Lipinski definition) is 1. The molecule has 3 aromatic rings. The first kappa shape index (κ1) is 19.6. The van der Waals surface area contributed by atoms with Crippen LogP contribution in [0.15, 0.2) is 48.5 Å². The molecule has 3 nitrogen and oxygen atoms in total. The van der Waals surface area contributed by atoms with Crippen molar-refractivity contribution < 1.29 is 9.18 Å². The number of thiophene rings is 1. The second-order valence-electron chi connectivity index (χ2n) is 7.89. The van der Waals surface area contributed by atoms with E-state index in [0.29, 0.717) is 17.3 Å². The Labute approximate surface area is 184 Å². The largest absolute Gasteiger partial charge is 0.322 e. The molecule has 2 amide bonds. The average Bonchev–Trinajstić information content (AvgIpc) is 3.14. The Hall–Kier alpha value is -2.37. The quantitative estimate of drug-likeness (QED) is 0.478. The molecule has 0 radical (unpaired) electrons. The maximum atomic E-state index is 13.6. The highest BCUT2D eigenvalue weighted by Crippen LogP contribution is 2.45. The first-order valence-electron chi connectivity index (χ1n) is 10.3. The van der Waals surface area contributed by atoms with E-state index in [1.54, 1.807) is 36.4 Å². The van der Waals surface area contributed by atoms with Crippen molar-refractivity contribution in [1.82, 2.24) is 4.90 Å². The average molecular weight is 441 g/mol. The van der Waals surface area contributed by atoms with Crippen molar-refractivity contribution in [2.24, 2.45) is 0 Å². The van der Waals surface area contributed by atoms with Crippen LogP contribution in [0, 0.1) is 5.82 Å². The summed E-state index contributed by atoms with van der Waals surface area (Å²) in [7, 11) is 0. The van der Waals surface area contributed by atoms with Crippen molar-refractivity contribution in [3.63, 3.8) is 0 Å². The zero-order valence-electron chi connectivity index (χ0n) is 16.5. The van der Waals surface area contributed by atoms with Gasteiger partial charge in [0.2, 0.25) is 0 Å². The Morgan fingerprint density at radius 3 is 2.50 bits per heavy atom. The van der Waals surface area contributed by atoms with Crippen molar-refractivity contribution in [3.8, 4) is 0 Å². The van der Waals surface area contributed by atoms with Gasteiger partial charge in [0.05, 0.1) is 6.04 Å². The van der Waals surface area contributed by atoms with Gasteiger partial charge in [-0.25, -0.2) is 9.18 Å². The highest BCUT2D eigenvalue weighted by atomic mass is 35.5. The number of hydrogen-bond acceptors (Lipinski definition) is 2. The normalized spacial score (nSPS) is 17.9. The Morgan fingerprint density at radius 1 is 1.00 bits per heavy atom. The maximum Gasteiger partial charge on any atom is 0.322 e. The van der Waals surface area contributed by atoms with Crippen LogP contribution in [0.5, 0.6) is 0 Å². The molecule has 1 N–H and O–H groups in total. The van der Waals surface area contributed by atoms with Gasteiger partial charge in [0.25, 0.3) is 0 Å². The van der Waals surface area contributed by atoms with Crippen LogP contribution in [0.2, 0.25) is 5.02 Å². The standard InChI is InChI=1S/C24H22ClFN2OS/c25-16-7-11-18(12-8-16)27-24(29)28-14-13-20-19-3-1-2-4-21(19)30-23(20)22(28)15-5-9-17(26)10-6-15/h5-12,22H,1-4,13-14H2,(H,27,29)/t22-/m1/s1. The fraction of sp³-hybridized carbons (Fsp3) is 0.292. The summed E-state index contributed by atoms with van der Waals surface area (Å²) >= 11 is 7.81. The van der Waals surface area contributed by atoms with E-state index in [1.807, 2.05) is 16.2 Å². The number of amides is 2. The van der Waals surface area contributed by atoms with Gasteiger partial charge in [0, 0.05) is 27.0 Å². The first-order valence-corrected chi connectivity index (χ1v) is 11.5. The summed E-state index contributed by atoms with van der Waals surface area (Å²) in [5.41, 5.74) is 4.58. The molecular formula is C24H22ClFN2OS. The lowest BCUT2D eigenvalue weighted by Crippen LogP contribution is -2.42. The van der Waals surface area contributed by atoms with Crippen molar-refractivity contribution in [2.45, 2.75) is 38.1 Å². The molecule has 1 atom stereocenters. The molecule has 0 fully saturated rings. The smallest absolute Gasteiger partial charge is 0.312 e. The number of urea groups is 1. The second kappa shape index (κ2) is 8.05. The summed E-state index contributed by atoms with van der Waals surface area (Å²) in [6.45, 7) is 0.637. The van der Waals surface area contributed by atoms with Gasteiger partial charge < -0.3 is 10.2 Å². The van der Waals surface area contributed by atoms with Gasteiger partial charge in [0.1, 0.15) is 5.82 Å². The van der Waals surface area contributed by atoms with Crippen LogP contribution in [0.25, 0.3) is 0 Å². The SMILES string of the molecule is O=C(Nc1ccc(Cl)cc1)N1CCc2c(sc3c2CCCC3)[C@H]1c1ccc(F)cc1. The summed E-state index contributed by atoms with van der Waals surface area (Å²) in [4.78, 5) is 17.9. The number of carbonyl (C=O) groups is 1. The number of aryl methyl sites for hydroxylation is 1. The molecule has 0 unspecified atom stereocenters. The van der Waals surface area contributed by atoms with Crippen molar-refractivity contribution >= 4 is 34.7 Å². The predicted molar refractivity (Wildman–Crippen MR) is 120 cm³/mol. The molecule has 0 saturated carbocycles. The molecule has 5 rings (SSSR count). The van der Waals surface area contributed by atoms with Crippen LogP contribution in [-0.2, 0) is 19.3 Å². The second-order valence-corrected chi connectivity index (χ2v) is 9.46. The molecule has 1 aromatic heterocycles. The Balaban J connectivity index is 1.53. The third kappa shape index (κ3) is 3.61. The van der Waals surface area contributed by atoms with E-state index < -0.39 is 0 Å². The minimum absolute atomic E-state index is 0.149. The summed E-state index contributed by atoms with van der Waals surface area (Å²) in [5.74, 6) is -0.266. The summed E-state index contributed by atoms with van der Waals surface area (Å²) < 4.78 is 13.6. The number of anilines is 1. The minimum Gasteiger partial charge on any atom is -0.312 e. The molecule has 30 heavy (non-hydrogen) atoms. The lowest BCUT2D eigenvalue weighted by Gasteiger charge is -2.36. The molecule has 154 valence electrons. The fourth-order valence-electron chi connectivity index (χ4n) is 4.57. The minimum atomic E-state index is -0.266. The number of benzene rings is 2. The van der Waals surface area contributed by atoms with E-state index in [9.17, 15) is 9.18 Å². The Kier molecular flexibility index (Phi) is 5.25. The van der Waals surface area contributed by atoms with Crippen LogP contribution in [0.1, 0.15) is 45.3 Å². The first-order chi connectivity index (χ1) is 14.6. The highest BCUT2D eigenvalue weighted by molar-refractivity contribution is 7.12. The number of nitrogens with one attached hydrogen (secondary N) is 1. The molecule has 2 heterocycles. The molecule has 0 saturated heterocycles. The summed E-state index contributed by atoms with van der Waals surface area (Å²) in [6.07, 6.45) is 5.59. The number of rotatable bonds is 2. The van der Waals surface area contributed by atoms with Gasteiger partial charge in [-0.1, -0.05) is 23.7 Å². The van der Waals surface area contributed by atoms with Gasteiger partial charge in [-0.2, -0.15) is 0 Å². The zero-order chi connectivity index (χ0) is 20.7. The monoisotopic (exact) mass is 440 g/mol. The van der Waals surface area contributed by atoms with E-state index in [4.69, 9.17) is 11.6 Å².